The van der Waals surface area contributed by atoms with Crippen LogP contribution in [0.5, 0.6) is 0 Å². The smallest absolute Gasteiger partial charge is 0.423 e. The Balaban J connectivity index is 6.56. The Morgan fingerprint density at radius 1 is 0.329 bits per heavy atom. The molecule has 0 aromatic rings. The number of hydrogen-bond donors (Lipinski definition) is 2. The molecule has 4 atom stereocenters. The molecule has 16 nitrogen and oxygen atoms in total. The first kappa shape index (κ1) is 81.6. The number of unbranched alkanes of at least 4 members (excludes halogenated alkanes) is 48. The molecule has 0 fully saturated rings. The molecule has 0 aromatic heterocycles. The Morgan fingerprint density at radius 3 is 0.753 bits per heavy atom. The number of rotatable bonds is 65. The summed E-state index contributed by atoms with van der Waals surface area (Å²) in [5.41, 5.74) is -8.80. The third kappa shape index (κ3) is 40.0. The van der Waals surface area contributed by atoms with E-state index in [-0.39, 0.29) is 38.5 Å². The number of esters is 4. The fraction of sp³-hybridized carbons (Fsp3) is 0.942. The SMILES string of the molecule is CCCCCCCCCCCCCCCC(=O)OC(O)C(OC(=O)CCCCCCCCCCCCCCC)([N+](=O)[O-])C(OC(=O)CCCCCCCCCCCCCCC)([N+](=O)[O-])C(C)(O)OC(=O)CCCCCCCCCCCCCCC. The summed E-state index contributed by atoms with van der Waals surface area (Å²) in [5.74, 6) is -9.11. The second-order valence-corrected chi connectivity index (χ2v) is 25.1. The molecule has 2 N–H and O–H groups in total. The number of nitrogens with zero attached hydrogens (tertiary/aromatic N) is 2. The van der Waals surface area contributed by atoms with Gasteiger partial charge in [0.15, 0.2) is 0 Å². The number of ether oxygens (including phenoxy) is 4. The monoisotopic (exact) mass is 1210 g/mol. The van der Waals surface area contributed by atoms with Gasteiger partial charge in [-0.2, -0.15) is 0 Å². The second-order valence-electron chi connectivity index (χ2n) is 25.1. The number of carbonyl (C=O) groups is 4. The van der Waals surface area contributed by atoms with Crippen LogP contribution < -0.4 is 0 Å². The van der Waals surface area contributed by atoms with Crippen molar-refractivity contribution in [3.05, 3.63) is 20.2 Å². The number of nitro groups is 2. The first-order chi connectivity index (χ1) is 41.1. The van der Waals surface area contributed by atoms with Crippen LogP contribution in [0.15, 0.2) is 0 Å². The van der Waals surface area contributed by atoms with Crippen LogP contribution in [0.25, 0.3) is 0 Å². The molecule has 500 valence electrons. The number of hydrogen-bond acceptors (Lipinski definition) is 14. The first-order valence-electron chi connectivity index (χ1n) is 35.7. The van der Waals surface area contributed by atoms with Crippen molar-refractivity contribution in [3.63, 3.8) is 0 Å². The van der Waals surface area contributed by atoms with Gasteiger partial charge in [0, 0.05) is 32.6 Å². The van der Waals surface area contributed by atoms with E-state index >= 15 is 0 Å². The van der Waals surface area contributed by atoms with E-state index in [4.69, 9.17) is 18.9 Å². The third-order valence-electron chi connectivity index (χ3n) is 17.0. The van der Waals surface area contributed by atoms with Gasteiger partial charge in [0.1, 0.15) is 0 Å². The van der Waals surface area contributed by atoms with Gasteiger partial charge in [-0.15, -0.1) is 0 Å². The molecule has 0 aliphatic heterocycles. The van der Waals surface area contributed by atoms with Gasteiger partial charge in [-0.1, -0.05) is 336 Å². The molecule has 16 heteroatoms. The van der Waals surface area contributed by atoms with E-state index in [1.54, 1.807) is 0 Å². The van der Waals surface area contributed by atoms with Crippen molar-refractivity contribution in [1.29, 1.82) is 0 Å². The predicted octanol–water partition coefficient (Wildman–Crippen LogP) is 20.1. The maximum Gasteiger partial charge on any atom is 0.545 e. The van der Waals surface area contributed by atoms with Gasteiger partial charge in [-0.3, -0.25) is 39.4 Å². The van der Waals surface area contributed by atoms with Crippen molar-refractivity contribution in [2.45, 2.75) is 418 Å². The molecule has 0 aliphatic rings. The largest absolute Gasteiger partial charge is 0.545 e. The van der Waals surface area contributed by atoms with Crippen molar-refractivity contribution < 1.29 is 58.2 Å². The quantitative estimate of drug-likeness (QED) is 0.0144. The highest BCUT2D eigenvalue weighted by atomic mass is 16.8. The second kappa shape index (κ2) is 55.9. The summed E-state index contributed by atoms with van der Waals surface area (Å²) in [6, 6.07) is 0. The van der Waals surface area contributed by atoms with Gasteiger partial charge < -0.3 is 29.2 Å². The van der Waals surface area contributed by atoms with Gasteiger partial charge in [-0.25, -0.2) is 0 Å². The van der Waals surface area contributed by atoms with E-state index in [0.717, 1.165) is 128 Å². The lowest BCUT2D eigenvalue weighted by atomic mass is 9.89. The van der Waals surface area contributed by atoms with Crippen LogP contribution in [0.2, 0.25) is 0 Å². The number of aliphatic hydroxyl groups is 2. The average molecular weight is 1210 g/mol. The Morgan fingerprint density at radius 2 is 0.529 bits per heavy atom. The fourth-order valence-corrected chi connectivity index (χ4v) is 11.6. The van der Waals surface area contributed by atoms with E-state index in [1.165, 1.54) is 154 Å². The normalized spacial score (nSPS) is 14.0. The Kier molecular flexibility index (Phi) is 53.6. The molecule has 0 rings (SSSR count). The summed E-state index contributed by atoms with van der Waals surface area (Å²) in [5, 5.41) is 52.0. The zero-order valence-electron chi connectivity index (χ0n) is 55.4. The molecule has 0 bridgehead atoms. The summed E-state index contributed by atoms with van der Waals surface area (Å²) in [6.07, 6.45) is 46.9. The zero-order chi connectivity index (χ0) is 63.0. The standard InChI is InChI=1S/C69H130N2O14/c1-6-10-14-18-22-26-30-34-38-42-46-50-54-58-62(72)82-66(76)68(70(78)79,84-64(74)60-56-52-48-44-40-36-32-28-24-20-16-12-8-3)69(71(80)81,85-65(75)61-57-53-49-45-41-37-33-29-25-21-17-13-9-4)67(5,77)83-63(73)59-55-51-47-43-39-35-31-27-23-19-15-11-7-2/h66,76-77H,6-61H2,1-5H3. The summed E-state index contributed by atoms with van der Waals surface area (Å²) in [7, 11) is 0. The van der Waals surface area contributed by atoms with E-state index in [1.807, 2.05) is 0 Å². The first-order valence-corrected chi connectivity index (χ1v) is 35.7. The predicted molar refractivity (Wildman–Crippen MR) is 342 cm³/mol. The Bertz CT molecular complexity index is 1650. The number of carbonyl (C=O) groups excluding carboxylic acids is 4. The zero-order valence-corrected chi connectivity index (χ0v) is 55.4. The maximum atomic E-state index is 14.0. The number of aliphatic hydroxyl groups excluding tert-OH is 1. The molecule has 0 amide bonds. The van der Waals surface area contributed by atoms with Crippen molar-refractivity contribution in [3.8, 4) is 0 Å². The van der Waals surface area contributed by atoms with Crippen LogP contribution >= 0.6 is 0 Å². The highest BCUT2D eigenvalue weighted by Gasteiger charge is 2.92. The van der Waals surface area contributed by atoms with Crippen molar-refractivity contribution in [2.24, 2.45) is 0 Å². The Labute approximate surface area is 518 Å². The van der Waals surface area contributed by atoms with E-state index in [9.17, 15) is 49.6 Å². The lowest BCUT2D eigenvalue weighted by molar-refractivity contribution is -0.788. The van der Waals surface area contributed by atoms with E-state index in [2.05, 4.69) is 27.7 Å². The molecule has 0 aliphatic carbocycles. The van der Waals surface area contributed by atoms with E-state index < -0.39 is 70.1 Å². The van der Waals surface area contributed by atoms with Crippen molar-refractivity contribution in [1.82, 2.24) is 0 Å². The van der Waals surface area contributed by atoms with Crippen molar-refractivity contribution >= 4 is 23.9 Å². The molecule has 0 heterocycles. The highest BCUT2D eigenvalue weighted by Crippen LogP contribution is 2.45. The van der Waals surface area contributed by atoms with Crippen molar-refractivity contribution in [2.75, 3.05) is 0 Å². The van der Waals surface area contributed by atoms with E-state index in [0.29, 0.717) is 32.6 Å². The van der Waals surface area contributed by atoms with Gasteiger partial charge in [0.25, 0.3) is 0 Å². The molecule has 4 unspecified atom stereocenters. The Hall–Kier alpha value is -3.40. The summed E-state index contributed by atoms with van der Waals surface area (Å²) in [6.45, 7) is 9.33. The fourth-order valence-electron chi connectivity index (χ4n) is 11.6. The average Bonchev–Trinajstić information content (AvgIpc) is 0.763. The minimum atomic E-state index is -4.41. The molecule has 85 heavy (non-hydrogen) atoms. The lowest BCUT2D eigenvalue weighted by Gasteiger charge is -2.41. The molecule has 0 aromatic carbocycles. The molecular formula is C69H130N2O14. The molecule has 0 spiro atoms. The lowest BCUT2D eigenvalue weighted by Crippen LogP contribution is -2.81. The molecule has 0 saturated heterocycles. The third-order valence-corrected chi connectivity index (χ3v) is 17.0. The van der Waals surface area contributed by atoms with Gasteiger partial charge in [0.05, 0.1) is 9.85 Å². The molecule has 0 saturated carbocycles. The topological polar surface area (TPSA) is 232 Å². The molecule has 0 radical (unpaired) electrons. The van der Waals surface area contributed by atoms with Gasteiger partial charge in [0.2, 0.25) is 0 Å². The highest BCUT2D eigenvalue weighted by molar-refractivity contribution is 5.73. The van der Waals surface area contributed by atoms with Crippen LogP contribution in [-0.2, 0) is 38.1 Å². The van der Waals surface area contributed by atoms with Crippen LogP contribution in [0.4, 0.5) is 0 Å². The van der Waals surface area contributed by atoms with Crippen LogP contribution in [-0.4, -0.2) is 67.5 Å². The van der Waals surface area contributed by atoms with Crippen LogP contribution in [0.1, 0.15) is 394 Å². The summed E-state index contributed by atoms with van der Waals surface area (Å²) >= 11 is 0. The minimum absolute atomic E-state index is 0.131. The maximum absolute atomic E-state index is 14.0. The van der Waals surface area contributed by atoms with Gasteiger partial charge >= 0.3 is 47.4 Å². The molecular weight excluding hydrogens is 1080 g/mol. The van der Waals surface area contributed by atoms with Crippen LogP contribution in [0, 0.1) is 20.2 Å². The van der Waals surface area contributed by atoms with Crippen LogP contribution in [0.3, 0.4) is 0 Å². The van der Waals surface area contributed by atoms with Gasteiger partial charge in [-0.05, 0) is 25.7 Å². The summed E-state index contributed by atoms with van der Waals surface area (Å²) < 4.78 is 21.6. The summed E-state index contributed by atoms with van der Waals surface area (Å²) in [4.78, 5) is 79.8. The minimum Gasteiger partial charge on any atom is -0.423 e.